The van der Waals surface area contributed by atoms with Crippen LogP contribution in [0.1, 0.15) is 11.5 Å². The molecule has 2 aromatic carbocycles. The van der Waals surface area contributed by atoms with Crippen molar-refractivity contribution in [2.24, 2.45) is 0 Å². The van der Waals surface area contributed by atoms with Crippen molar-refractivity contribution in [3.8, 4) is 5.69 Å². The molecule has 0 radical (unpaired) electrons. The first-order valence-corrected chi connectivity index (χ1v) is 7.75. The van der Waals surface area contributed by atoms with Gasteiger partial charge in [-0.1, -0.05) is 18.2 Å². The zero-order valence-electron chi connectivity index (χ0n) is 13.3. The minimum atomic E-state index is -4.58. The van der Waals surface area contributed by atoms with Crippen LogP contribution in [0.15, 0.2) is 60.8 Å². The van der Waals surface area contributed by atoms with Crippen LogP contribution in [-0.4, -0.2) is 19.3 Å². The molecule has 0 bridgehead atoms. The van der Waals surface area contributed by atoms with Crippen LogP contribution in [0, 0.1) is 5.82 Å². The van der Waals surface area contributed by atoms with Gasteiger partial charge >= 0.3 is 6.18 Å². The van der Waals surface area contributed by atoms with Crippen LogP contribution in [0.5, 0.6) is 0 Å². The number of aromatic nitrogens is 4. The smallest absolute Gasteiger partial charge is 0.314 e. The summed E-state index contributed by atoms with van der Waals surface area (Å²) in [5.74, 6) is -1.39. The maximum absolute atomic E-state index is 13.4. The van der Waals surface area contributed by atoms with E-state index in [-0.39, 0.29) is 12.1 Å². The summed E-state index contributed by atoms with van der Waals surface area (Å²) in [6.07, 6.45) is -3.00. The van der Waals surface area contributed by atoms with E-state index < -0.39 is 17.8 Å². The van der Waals surface area contributed by atoms with Crippen LogP contribution in [0.4, 0.5) is 17.6 Å². The third kappa shape index (κ3) is 2.94. The molecule has 0 aliphatic carbocycles. The van der Waals surface area contributed by atoms with E-state index in [1.807, 2.05) is 0 Å². The Balaban J connectivity index is 1.74. The predicted octanol–water partition coefficient (Wildman–Crippen LogP) is 4.43. The number of hydrogen-bond donors (Lipinski definition) is 0. The summed E-state index contributed by atoms with van der Waals surface area (Å²) in [5, 5.41) is 4.26. The minimum Gasteiger partial charge on any atom is -0.314 e. The van der Waals surface area contributed by atoms with Gasteiger partial charge in [0, 0.05) is 6.20 Å². The average molecular weight is 360 g/mol. The number of halogens is 4. The van der Waals surface area contributed by atoms with Crippen molar-refractivity contribution in [3.63, 3.8) is 0 Å². The third-order valence-electron chi connectivity index (χ3n) is 3.95. The van der Waals surface area contributed by atoms with Crippen molar-refractivity contribution in [1.82, 2.24) is 19.3 Å². The highest BCUT2D eigenvalue weighted by molar-refractivity contribution is 5.76. The van der Waals surface area contributed by atoms with Crippen LogP contribution in [0.3, 0.4) is 0 Å². The van der Waals surface area contributed by atoms with Gasteiger partial charge in [-0.25, -0.2) is 14.1 Å². The molecule has 4 rings (SSSR count). The number of alkyl halides is 3. The molecule has 0 saturated carbocycles. The Kier molecular flexibility index (Phi) is 3.75. The molecule has 132 valence electrons. The van der Waals surface area contributed by atoms with Crippen molar-refractivity contribution >= 4 is 11.0 Å². The molecule has 2 heterocycles. The number of rotatable bonds is 3. The highest BCUT2D eigenvalue weighted by Crippen LogP contribution is 2.31. The van der Waals surface area contributed by atoms with E-state index in [0.29, 0.717) is 16.9 Å². The number of fused-ring (bicyclic) bond motifs is 1. The summed E-state index contributed by atoms with van der Waals surface area (Å²) in [4.78, 5) is 3.71. The molecular weight excluding hydrogens is 348 g/mol. The molecule has 2 aromatic heterocycles. The van der Waals surface area contributed by atoms with Crippen molar-refractivity contribution in [2.75, 3.05) is 0 Å². The zero-order chi connectivity index (χ0) is 18.3. The Morgan fingerprint density at radius 1 is 0.962 bits per heavy atom. The molecule has 0 fully saturated rings. The van der Waals surface area contributed by atoms with E-state index in [9.17, 15) is 17.6 Å². The first-order chi connectivity index (χ1) is 12.4. The van der Waals surface area contributed by atoms with E-state index >= 15 is 0 Å². The second kappa shape index (κ2) is 5.98. The van der Waals surface area contributed by atoms with E-state index in [4.69, 9.17) is 0 Å². The lowest BCUT2D eigenvalue weighted by Crippen LogP contribution is -2.16. The van der Waals surface area contributed by atoms with Gasteiger partial charge in [-0.3, -0.25) is 0 Å². The molecule has 0 unspecified atom stereocenters. The van der Waals surface area contributed by atoms with E-state index in [0.717, 1.165) is 4.57 Å². The predicted molar refractivity (Wildman–Crippen MR) is 87.4 cm³/mol. The summed E-state index contributed by atoms with van der Waals surface area (Å²) in [6, 6.07) is 13.8. The average Bonchev–Trinajstić information content (AvgIpc) is 3.20. The molecule has 0 N–H and O–H groups in total. The number of nitrogens with zero attached hydrogens (tertiary/aromatic N) is 4. The Hall–Kier alpha value is -3.16. The van der Waals surface area contributed by atoms with Gasteiger partial charge in [0.1, 0.15) is 5.82 Å². The molecule has 0 spiro atoms. The lowest BCUT2D eigenvalue weighted by Gasteiger charge is -2.10. The van der Waals surface area contributed by atoms with Crippen molar-refractivity contribution in [3.05, 3.63) is 78.1 Å². The molecule has 4 aromatic rings. The lowest BCUT2D eigenvalue weighted by atomic mass is 10.3. The summed E-state index contributed by atoms with van der Waals surface area (Å²) < 4.78 is 55.9. The maximum atomic E-state index is 13.4. The fourth-order valence-corrected chi connectivity index (χ4v) is 2.82. The third-order valence-corrected chi connectivity index (χ3v) is 3.95. The zero-order valence-corrected chi connectivity index (χ0v) is 13.3. The van der Waals surface area contributed by atoms with Crippen molar-refractivity contribution in [1.29, 1.82) is 0 Å². The first kappa shape index (κ1) is 16.3. The van der Waals surface area contributed by atoms with Gasteiger partial charge in [0.05, 0.1) is 29.0 Å². The Morgan fingerprint density at radius 3 is 2.54 bits per heavy atom. The van der Waals surface area contributed by atoms with Crippen LogP contribution in [0.25, 0.3) is 16.7 Å². The lowest BCUT2D eigenvalue weighted by molar-refractivity contribution is -0.146. The summed E-state index contributed by atoms with van der Waals surface area (Å²) in [7, 11) is 0. The van der Waals surface area contributed by atoms with Gasteiger partial charge in [0.25, 0.3) is 0 Å². The number of imidazole rings is 1. The Morgan fingerprint density at radius 2 is 1.77 bits per heavy atom. The second-order valence-corrected chi connectivity index (χ2v) is 5.74. The molecule has 26 heavy (non-hydrogen) atoms. The summed E-state index contributed by atoms with van der Waals surface area (Å²) in [5.41, 5.74) is 1.54. The van der Waals surface area contributed by atoms with Gasteiger partial charge in [-0.05, 0) is 36.4 Å². The number of hydrogen-bond acceptors (Lipinski definition) is 2. The Bertz CT molecular complexity index is 1080. The molecule has 0 aliphatic rings. The van der Waals surface area contributed by atoms with Gasteiger partial charge < -0.3 is 4.57 Å². The van der Waals surface area contributed by atoms with Gasteiger partial charge in [0.2, 0.25) is 5.82 Å². The van der Waals surface area contributed by atoms with Crippen LogP contribution in [-0.2, 0) is 12.7 Å². The van der Waals surface area contributed by atoms with Gasteiger partial charge in [-0.15, -0.1) is 0 Å². The standard InChI is InChI=1S/C18H12F4N4/c19-12-4-3-5-14(10-12)26-9-8-13(24-26)11-25-16-7-2-1-6-15(16)23-17(25)18(20,21)22/h1-10H,11H2. The van der Waals surface area contributed by atoms with Crippen LogP contribution in [0.2, 0.25) is 0 Å². The highest BCUT2D eigenvalue weighted by Gasteiger charge is 2.37. The van der Waals surface area contributed by atoms with Crippen molar-refractivity contribution < 1.29 is 17.6 Å². The largest absolute Gasteiger partial charge is 0.449 e. The molecule has 0 amide bonds. The fourth-order valence-electron chi connectivity index (χ4n) is 2.82. The van der Waals surface area contributed by atoms with E-state index in [2.05, 4.69) is 10.1 Å². The quantitative estimate of drug-likeness (QED) is 0.507. The van der Waals surface area contributed by atoms with E-state index in [1.165, 1.54) is 28.9 Å². The van der Waals surface area contributed by atoms with Crippen LogP contribution >= 0.6 is 0 Å². The van der Waals surface area contributed by atoms with Gasteiger partial charge in [0.15, 0.2) is 0 Å². The molecule has 8 heteroatoms. The second-order valence-electron chi connectivity index (χ2n) is 5.74. The Labute approximate surface area is 145 Å². The highest BCUT2D eigenvalue weighted by atomic mass is 19.4. The monoisotopic (exact) mass is 360 g/mol. The molecule has 0 aliphatic heterocycles. The molecular formula is C18H12F4N4. The topological polar surface area (TPSA) is 35.6 Å². The normalized spacial score (nSPS) is 12.0. The van der Waals surface area contributed by atoms with Crippen molar-refractivity contribution in [2.45, 2.75) is 12.7 Å². The number of benzene rings is 2. The maximum Gasteiger partial charge on any atom is 0.449 e. The fraction of sp³-hybridized carbons (Fsp3) is 0.111. The summed E-state index contributed by atoms with van der Waals surface area (Å²) >= 11 is 0. The number of para-hydroxylation sites is 2. The minimum absolute atomic E-state index is 0.0995. The van der Waals surface area contributed by atoms with Crippen LogP contribution < -0.4 is 0 Å². The molecule has 0 atom stereocenters. The van der Waals surface area contributed by atoms with E-state index in [1.54, 1.807) is 36.5 Å². The van der Waals surface area contributed by atoms with Gasteiger partial charge in [-0.2, -0.15) is 18.3 Å². The molecule has 4 nitrogen and oxygen atoms in total. The molecule has 0 saturated heterocycles. The SMILES string of the molecule is Fc1cccc(-n2ccc(Cn3c(C(F)(F)F)nc4ccccc43)n2)c1. The summed E-state index contributed by atoms with van der Waals surface area (Å²) in [6.45, 7) is -0.0995. The first-order valence-electron chi connectivity index (χ1n) is 7.75.